The lowest BCUT2D eigenvalue weighted by Gasteiger charge is -2.27. The van der Waals surface area contributed by atoms with E-state index in [1.807, 2.05) is 13.8 Å². The number of methoxy groups -OCH3 is 1. The summed E-state index contributed by atoms with van der Waals surface area (Å²) in [6.07, 6.45) is 0.141. The predicted octanol–water partition coefficient (Wildman–Crippen LogP) is 4.16. The molecule has 0 aromatic carbocycles. The van der Waals surface area contributed by atoms with E-state index in [0.717, 1.165) is 0 Å². The second kappa shape index (κ2) is 12.3. The van der Waals surface area contributed by atoms with E-state index in [9.17, 15) is 19.2 Å². The van der Waals surface area contributed by atoms with Gasteiger partial charge in [0.2, 0.25) is 0 Å². The predicted molar refractivity (Wildman–Crippen MR) is 127 cm³/mol. The maximum atomic E-state index is 11.9. The summed E-state index contributed by atoms with van der Waals surface area (Å²) in [5, 5.41) is 9.00. The van der Waals surface area contributed by atoms with Crippen LogP contribution in [0, 0.1) is 11.8 Å². The zero-order valence-electron chi connectivity index (χ0n) is 21.3. The van der Waals surface area contributed by atoms with Gasteiger partial charge in [-0.3, -0.25) is 9.80 Å². The Hall–Kier alpha value is -2.52. The number of carbonyl (C=O) groups is 4. The van der Waals surface area contributed by atoms with E-state index in [1.165, 1.54) is 16.9 Å². The molecule has 2 aliphatic rings. The summed E-state index contributed by atoms with van der Waals surface area (Å²) in [4.78, 5) is 49.0. The van der Waals surface area contributed by atoms with Gasteiger partial charge in [0.15, 0.2) is 0 Å². The number of nitrogens with zero attached hydrogens (tertiary/aromatic N) is 2. The Labute approximate surface area is 203 Å². The van der Waals surface area contributed by atoms with Gasteiger partial charge in [-0.2, -0.15) is 0 Å². The lowest BCUT2D eigenvalue weighted by Crippen LogP contribution is -2.43. The molecule has 0 aromatic heterocycles. The highest BCUT2D eigenvalue weighted by molar-refractivity contribution is 5.82. The summed E-state index contributed by atoms with van der Waals surface area (Å²) < 4.78 is 15.2. The van der Waals surface area contributed by atoms with Gasteiger partial charge >= 0.3 is 24.1 Å². The number of carboxylic acids is 1. The fraction of sp³-hybridized carbons (Fsp3) is 0.833. The Kier molecular flexibility index (Phi) is 11.4. The van der Waals surface area contributed by atoms with E-state index in [-0.39, 0.29) is 25.2 Å². The van der Waals surface area contributed by atoms with Gasteiger partial charge in [0, 0.05) is 13.1 Å². The smallest absolute Gasteiger partial charge is 0.411 e. The Morgan fingerprint density at radius 3 is 1.44 bits per heavy atom. The summed E-state index contributed by atoms with van der Waals surface area (Å²) in [6, 6.07) is -1.25. The molecule has 0 spiro atoms. The molecule has 2 amide bonds. The molecule has 0 unspecified atom stereocenters. The number of carbonyl (C=O) groups excluding carboxylic acids is 3. The first-order valence-corrected chi connectivity index (χ1v) is 11.2. The second-order valence-corrected chi connectivity index (χ2v) is 10.8. The van der Waals surface area contributed by atoms with Crippen molar-refractivity contribution < 1.29 is 38.5 Å². The van der Waals surface area contributed by atoms with Crippen LogP contribution < -0.4 is 0 Å². The maximum Gasteiger partial charge on any atom is 0.411 e. The Balaban J connectivity index is 0.000000623. The average molecular weight is 489 g/mol. The summed E-state index contributed by atoms with van der Waals surface area (Å²) in [5.74, 6) is -0.851. The van der Waals surface area contributed by atoms with Crippen molar-refractivity contribution >= 4 is 24.1 Å². The van der Waals surface area contributed by atoms with Crippen LogP contribution >= 0.6 is 0 Å². The number of hydrogen-bond acceptors (Lipinski definition) is 7. The normalized spacial score (nSPS) is 24.4. The molecule has 0 bridgehead atoms. The molecule has 198 valence electrons. The molecule has 0 aromatic rings. The SMILES string of the molecule is C.COC(=O)[C@H]1C[C@H](C)CN1C(=O)OC(C)(C)C.C[C@H]1C[C@H](C(=O)O)N(C(=O)OC(C)(C)C)C1. The standard InChI is InChI=1S/C12H21NO4.C11H19NO4.CH4/c1-8-6-9(10(14)16-5)13(7-8)11(15)17-12(2,3)4;1-7-5-8(9(13)14)12(6-7)10(15)16-11(2,3)4;/h8-9H,6-7H2,1-5H3;7-8H,5-6H2,1-4H3,(H,13,14);1H4/t8-,9+;7-,8+;/m00./s1. The molecule has 4 atom stereocenters. The third-order valence-electron chi connectivity index (χ3n) is 5.03. The van der Waals surface area contributed by atoms with Gasteiger partial charge in [0.1, 0.15) is 23.3 Å². The van der Waals surface area contributed by atoms with Crippen LogP contribution in [0.1, 0.15) is 75.7 Å². The van der Waals surface area contributed by atoms with E-state index < -0.39 is 41.4 Å². The molecule has 10 nitrogen and oxygen atoms in total. The van der Waals surface area contributed by atoms with Crippen molar-refractivity contribution in [2.24, 2.45) is 11.8 Å². The topological polar surface area (TPSA) is 123 Å². The molecule has 0 radical (unpaired) electrons. The quantitative estimate of drug-likeness (QED) is 0.454. The number of ether oxygens (including phenoxy) is 3. The zero-order valence-corrected chi connectivity index (χ0v) is 21.3. The van der Waals surface area contributed by atoms with Gasteiger partial charge in [-0.1, -0.05) is 21.3 Å². The van der Waals surface area contributed by atoms with Crippen molar-refractivity contribution in [2.45, 2.75) is 98.9 Å². The van der Waals surface area contributed by atoms with Crippen molar-refractivity contribution in [3.05, 3.63) is 0 Å². The average Bonchev–Trinajstić information content (AvgIpc) is 3.22. The monoisotopic (exact) mass is 488 g/mol. The second-order valence-electron chi connectivity index (χ2n) is 10.8. The largest absolute Gasteiger partial charge is 0.480 e. The fourth-order valence-corrected chi connectivity index (χ4v) is 3.73. The molecule has 34 heavy (non-hydrogen) atoms. The first kappa shape index (κ1) is 31.5. The molecule has 2 heterocycles. The van der Waals surface area contributed by atoms with Crippen LogP contribution in [0.15, 0.2) is 0 Å². The van der Waals surface area contributed by atoms with Crippen LogP contribution in [0.2, 0.25) is 0 Å². The number of likely N-dealkylation sites (tertiary alicyclic amines) is 2. The fourth-order valence-electron chi connectivity index (χ4n) is 3.73. The maximum absolute atomic E-state index is 11.9. The highest BCUT2D eigenvalue weighted by atomic mass is 16.6. The van der Waals surface area contributed by atoms with Crippen LogP contribution in [-0.2, 0) is 23.8 Å². The minimum absolute atomic E-state index is 0. The minimum atomic E-state index is -0.963. The lowest BCUT2D eigenvalue weighted by molar-refractivity contribution is -0.145. The highest BCUT2D eigenvalue weighted by Gasteiger charge is 2.41. The number of rotatable bonds is 2. The summed E-state index contributed by atoms with van der Waals surface area (Å²) >= 11 is 0. The van der Waals surface area contributed by atoms with Crippen molar-refractivity contribution in [2.75, 3.05) is 20.2 Å². The lowest BCUT2D eigenvalue weighted by atomic mass is 10.1. The van der Waals surface area contributed by atoms with Crippen molar-refractivity contribution in [1.29, 1.82) is 0 Å². The molecule has 0 aliphatic carbocycles. The Morgan fingerprint density at radius 2 is 1.12 bits per heavy atom. The molecule has 2 aliphatic heterocycles. The van der Waals surface area contributed by atoms with E-state index in [0.29, 0.717) is 25.9 Å². The van der Waals surface area contributed by atoms with E-state index in [4.69, 9.17) is 19.3 Å². The first-order valence-electron chi connectivity index (χ1n) is 11.2. The molecule has 1 N–H and O–H groups in total. The van der Waals surface area contributed by atoms with Gasteiger partial charge in [-0.05, 0) is 66.2 Å². The van der Waals surface area contributed by atoms with Crippen LogP contribution in [-0.4, -0.2) is 82.5 Å². The number of esters is 1. The Bertz CT molecular complexity index is 725. The van der Waals surface area contributed by atoms with Gasteiger partial charge in [-0.25, -0.2) is 19.2 Å². The highest BCUT2D eigenvalue weighted by Crippen LogP contribution is 2.26. The van der Waals surface area contributed by atoms with E-state index >= 15 is 0 Å². The van der Waals surface area contributed by atoms with E-state index in [1.54, 1.807) is 41.5 Å². The van der Waals surface area contributed by atoms with Crippen molar-refractivity contribution in [3.63, 3.8) is 0 Å². The summed E-state index contributed by atoms with van der Waals surface area (Å²) in [6.45, 7) is 15.6. The molecule has 10 heteroatoms. The van der Waals surface area contributed by atoms with E-state index in [2.05, 4.69) is 0 Å². The van der Waals surface area contributed by atoms with Crippen LogP contribution in [0.25, 0.3) is 0 Å². The van der Waals surface area contributed by atoms with Gasteiger partial charge in [0.25, 0.3) is 0 Å². The third-order valence-corrected chi connectivity index (χ3v) is 5.03. The molecule has 2 saturated heterocycles. The molecular weight excluding hydrogens is 444 g/mol. The van der Waals surface area contributed by atoms with Crippen LogP contribution in [0.3, 0.4) is 0 Å². The van der Waals surface area contributed by atoms with Crippen LogP contribution in [0.5, 0.6) is 0 Å². The first-order chi connectivity index (χ1) is 14.9. The zero-order chi connectivity index (χ0) is 25.7. The van der Waals surface area contributed by atoms with Crippen LogP contribution in [0.4, 0.5) is 9.59 Å². The van der Waals surface area contributed by atoms with Crippen molar-refractivity contribution in [3.8, 4) is 0 Å². The van der Waals surface area contributed by atoms with Gasteiger partial charge < -0.3 is 19.3 Å². The minimum Gasteiger partial charge on any atom is -0.480 e. The number of hydrogen-bond donors (Lipinski definition) is 1. The Morgan fingerprint density at radius 1 is 0.765 bits per heavy atom. The van der Waals surface area contributed by atoms with Gasteiger partial charge in [-0.15, -0.1) is 0 Å². The molecule has 2 fully saturated rings. The number of amides is 2. The van der Waals surface area contributed by atoms with Gasteiger partial charge in [0.05, 0.1) is 7.11 Å². The number of carboxylic acid groups (broad SMARTS) is 1. The molecular formula is C24H44N2O8. The molecule has 0 saturated carbocycles. The molecule has 2 rings (SSSR count). The summed E-state index contributed by atoms with van der Waals surface area (Å²) in [5.41, 5.74) is -1.14. The number of aliphatic carboxylic acids is 1. The third kappa shape index (κ3) is 9.77. The van der Waals surface area contributed by atoms with Crippen molar-refractivity contribution in [1.82, 2.24) is 9.80 Å². The summed E-state index contributed by atoms with van der Waals surface area (Å²) in [7, 11) is 1.33.